The summed E-state index contributed by atoms with van der Waals surface area (Å²) in [5.74, 6) is -0.0746. The number of aryl methyl sites for hydroxylation is 2. The first kappa shape index (κ1) is 32.7. The SMILES string of the molecule is Cc1sc(-c2ccc(C(F)(F)F)cc2)nc1C(C)(C)CO.Cc1sc(-c2ccc(C(F)(F)F)cc2)nc1C(C)CO. The van der Waals surface area contributed by atoms with Gasteiger partial charge in [0.15, 0.2) is 0 Å². The topological polar surface area (TPSA) is 66.2 Å². The van der Waals surface area contributed by atoms with Gasteiger partial charge in [-0.3, -0.25) is 0 Å². The number of aliphatic hydroxyl groups excluding tert-OH is 2. The third-order valence-corrected chi connectivity index (χ3v) is 8.38. The van der Waals surface area contributed by atoms with E-state index in [1.807, 2.05) is 34.6 Å². The van der Waals surface area contributed by atoms with Crippen molar-refractivity contribution in [1.82, 2.24) is 9.97 Å². The highest BCUT2D eigenvalue weighted by molar-refractivity contribution is 7.15. The number of benzene rings is 2. The van der Waals surface area contributed by atoms with Crippen LogP contribution in [-0.2, 0) is 17.8 Å². The van der Waals surface area contributed by atoms with E-state index in [0.717, 1.165) is 45.4 Å². The van der Waals surface area contributed by atoms with Crippen molar-refractivity contribution in [3.8, 4) is 21.1 Å². The Balaban J connectivity index is 0.000000226. The van der Waals surface area contributed by atoms with Gasteiger partial charge in [0.05, 0.1) is 35.7 Å². The monoisotopic (exact) mass is 616 g/mol. The van der Waals surface area contributed by atoms with Crippen molar-refractivity contribution in [2.75, 3.05) is 13.2 Å². The molecule has 0 aliphatic heterocycles. The van der Waals surface area contributed by atoms with Gasteiger partial charge in [0.2, 0.25) is 0 Å². The van der Waals surface area contributed by atoms with Gasteiger partial charge in [0.25, 0.3) is 0 Å². The maximum absolute atomic E-state index is 12.6. The molecule has 0 saturated carbocycles. The molecule has 41 heavy (non-hydrogen) atoms. The van der Waals surface area contributed by atoms with Crippen LogP contribution < -0.4 is 0 Å². The Labute approximate surface area is 242 Å². The first-order chi connectivity index (χ1) is 19.0. The zero-order valence-corrected chi connectivity index (χ0v) is 24.6. The molecule has 0 saturated heterocycles. The largest absolute Gasteiger partial charge is 0.416 e. The van der Waals surface area contributed by atoms with E-state index in [1.54, 1.807) is 0 Å². The van der Waals surface area contributed by atoms with Crippen molar-refractivity contribution in [2.45, 2.75) is 58.3 Å². The maximum Gasteiger partial charge on any atom is 0.416 e. The average Bonchev–Trinajstić information content (AvgIpc) is 3.51. The van der Waals surface area contributed by atoms with Gasteiger partial charge in [-0.05, 0) is 38.1 Å². The Hall–Kier alpha value is -2.80. The molecule has 4 aromatic rings. The van der Waals surface area contributed by atoms with Crippen LogP contribution >= 0.6 is 22.7 Å². The van der Waals surface area contributed by atoms with Gasteiger partial charge < -0.3 is 10.2 Å². The first-order valence-electron chi connectivity index (χ1n) is 12.5. The zero-order chi connectivity index (χ0) is 30.8. The van der Waals surface area contributed by atoms with Gasteiger partial charge >= 0.3 is 12.4 Å². The van der Waals surface area contributed by atoms with Crippen LogP contribution in [0.25, 0.3) is 21.1 Å². The van der Waals surface area contributed by atoms with Gasteiger partial charge in [-0.25, -0.2) is 9.97 Å². The summed E-state index contributed by atoms with van der Waals surface area (Å²) in [7, 11) is 0. The lowest BCUT2D eigenvalue weighted by molar-refractivity contribution is -0.138. The fraction of sp³-hybridized carbons (Fsp3) is 0.379. The molecule has 12 heteroatoms. The van der Waals surface area contributed by atoms with Gasteiger partial charge in [-0.2, -0.15) is 26.3 Å². The molecule has 2 aromatic heterocycles. The Kier molecular flexibility index (Phi) is 10.1. The van der Waals surface area contributed by atoms with Crippen LogP contribution in [0.3, 0.4) is 0 Å². The number of aliphatic hydroxyl groups is 2. The highest BCUT2D eigenvalue weighted by atomic mass is 32.1. The lowest BCUT2D eigenvalue weighted by Gasteiger charge is -2.19. The van der Waals surface area contributed by atoms with E-state index >= 15 is 0 Å². The predicted octanol–water partition coefficient (Wildman–Crippen LogP) is 8.64. The second kappa shape index (κ2) is 12.6. The number of alkyl halides is 6. The van der Waals surface area contributed by atoms with E-state index < -0.39 is 28.9 Å². The fourth-order valence-corrected chi connectivity index (χ4v) is 6.04. The van der Waals surface area contributed by atoms with Gasteiger partial charge in [0, 0.05) is 32.2 Å². The zero-order valence-electron chi connectivity index (χ0n) is 23.0. The molecule has 1 unspecified atom stereocenters. The molecule has 4 nitrogen and oxygen atoms in total. The molecule has 2 aromatic carbocycles. The summed E-state index contributed by atoms with van der Waals surface area (Å²) >= 11 is 2.84. The summed E-state index contributed by atoms with van der Waals surface area (Å²) in [5.41, 5.74) is 1.08. The Morgan fingerprint density at radius 1 is 0.707 bits per heavy atom. The lowest BCUT2D eigenvalue weighted by Crippen LogP contribution is -2.23. The van der Waals surface area contributed by atoms with Crippen LogP contribution in [0.2, 0.25) is 0 Å². The smallest absolute Gasteiger partial charge is 0.396 e. The summed E-state index contributed by atoms with van der Waals surface area (Å²) in [6, 6.07) is 9.94. The van der Waals surface area contributed by atoms with Crippen molar-refractivity contribution in [1.29, 1.82) is 0 Å². The summed E-state index contributed by atoms with van der Waals surface area (Å²) in [4.78, 5) is 10.8. The molecule has 4 rings (SSSR count). The third kappa shape index (κ3) is 7.94. The van der Waals surface area contributed by atoms with Crippen LogP contribution in [0.1, 0.15) is 59.0 Å². The van der Waals surface area contributed by atoms with E-state index in [-0.39, 0.29) is 19.1 Å². The van der Waals surface area contributed by atoms with Crippen molar-refractivity contribution < 1.29 is 36.6 Å². The third-order valence-electron chi connectivity index (χ3n) is 6.32. The quantitative estimate of drug-likeness (QED) is 0.213. The first-order valence-corrected chi connectivity index (χ1v) is 14.1. The molecule has 0 aliphatic carbocycles. The van der Waals surface area contributed by atoms with Crippen molar-refractivity contribution in [2.24, 2.45) is 0 Å². The van der Waals surface area contributed by atoms with Crippen molar-refractivity contribution in [3.05, 3.63) is 80.8 Å². The number of thiazole rings is 2. The average molecular weight is 617 g/mol. The van der Waals surface area contributed by atoms with Crippen LogP contribution in [0, 0.1) is 13.8 Å². The number of rotatable bonds is 6. The summed E-state index contributed by atoms with van der Waals surface area (Å²) < 4.78 is 75.2. The predicted molar refractivity (Wildman–Crippen MR) is 150 cm³/mol. The van der Waals surface area contributed by atoms with E-state index in [2.05, 4.69) is 9.97 Å². The molecule has 0 spiro atoms. The molecule has 2 N–H and O–H groups in total. The maximum atomic E-state index is 12.6. The molecular weight excluding hydrogens is 586 g/mol. The number of aromatic nitrogens is 2. The van der Waals surface area contributed by atoms with Crippen LogP contribution in [0.4, 0.5) is 26.3 Å². The molecule has 0 fully saturated rings. The Morgan fingerprint density at radius 3 is 1.51 bits per heavy atom. The minimum atomic E-state index is -4.33. The number of nitrogens with zero attached hydrogens (tertiary/aromatic N) is 2. The standard InChI is InChI=1S/C15H16F3NOS.C14H14F3NOS/c1-9-12(14(2,3)8-20)19-13(21-9)10-4-6-11(7-5-10)15(16,17)18;1-8(7-19)12-9(2)20-13(18-12)10-3-5-11(6-4-10)14(15,16)17/h4-7,20H,8H2,1-3H3;3-6,8,19H,7H2,1-2H3. The number of hydrogen-bond donors (Lipinski definition) is 2. The van der Waals surface area contributed by atoms with Crippen LogP contribution in [0.5, 0.6) is 0 Å². The molecule has 0 amide bonds. The molecule has 222 valence electrons. The minimum Gasteiger partial charge on any atom is -0.396 e. The Bertz CT molecular complexity index is 1440. The van der Waals surface area contributed by atoms with E-state index in [0.29, 0.717) is 21.1 Å². The molecule has 2 heterocycles. The number of hydrogen-bond acceptors (Lipinski definition) is 6. The molecule has 0 aliphatic rings. The summed E-state index contributed by atoms with van der Waals surface area (Å²) in [6.07, 6.45) is -8.66. The normalized spacial score (nSPS) is 13.1. The molecule has 0 radical (unpaired) electrons. The van der Waals surface area contributed by atoms with Crippen molar-refractivity contribution in [3.63, 3.8) is 0 Å². The summed E-state index contributed by atoms with van der Waals surface area (Å²) in [6.45, 7) is 9.38. The van der Waals surface area contributed by atoms with Crippen molar-refractivity contribution >= 4 is 22.7 Å². The van der Waals surface area contributed by atoms with E-state index in [1.165, 1.54) is 46.9 Å². The fourth-order valence-electron chi connectivity index (χ4n) is 3.90. The van der Waals surface area contributed by atoms with Crippen LogP contribution in [0.15, 0.2) is 48.5 Å². The summed E-state index contributed by atoms with van der Waals surface area (Å²) in [5, 5.41) is 19.9. The lowest BCUT2D eigenvalue weighted by atomic mass is 9.90. The number of halogens is 6. The second-order valence-electron chi connectivity index (χ2n) is 10.2. The van der Waals surface area contributed by atoms with Gasteiger partial charge in [-0.1, -0.05) is 45.0 Å². The van der Waals surface area contributed by atoms with Gasteiger partial charge in [0.1, 0.15) is 10.0 Å². The van der Waals surface area contributed by atoms with Gasteiger partial charge in [-0.15, -0.1) is 22.7 Å². The highest BCUT2D eigenvalue weighted by Gasteiger charge is 2.31. The Morgan fingerprint density at radius 2 is 1.12 bits per heavy atom. The molecular formula is C29H30F6N2O2S2. The highest BCUT2D eigenvalue weighted by Crippen LogP contribution is 2.36. The van der Waals surface area contributed by atoms with Crippen LogP contribution in [-0.4, -0.2) is 33.4 Å². The minimum absolute atomic E-state index is 0.00295. The molecule has 0 bridgehead atoms. The van der Waals surface area contributed by atoms with E-state index in [9.17, 15) is 31.4 Å². The van der Waals surface area contributed by atoms with E-state index in [4.69, 9.17) is 5.11 Å². The molecule has 1 atom stereocenters. The second-order valence-corrected chi connectivity index (χ2v) is 12.6.